The van der Waals surface area contributed by atoms with E-state index in [9.17, 15) is 14.0 Å². The molecule has 7 heteroatoms. The Morgan fingerprint density at radius 1 is 1.25 bits per heavy atom. The SMILES string of the molecule is O=C(CN1CC(=O)Oc2ccc(Cl)cc21)NCc1ccc(F)cc1. The van der Waals surface area contributed by atoms with Crippen LogP contribution in [-0.4, -0.2) is 25.0 Å². The van der Waals surface area contributed by atoms with E-state index in [2.05, 4.69) is 5.32 Å². The molecule has 1 aliphatic heterocycles. The second-order valence-electron chi connectivity index (χ2n) is 5.35. The van der Waals surface area contributed by atoms with Crippen LogP contribution in [0, 0.1) is 5.82 Å². The van der Waals surface area contributed by atoms with Crippen molar-refractivity contribution >= 4 is 29.2 Å². The molecule has 0 atom stereocenters. The van der Waals surface area contributed by atoms with E-state index in [0.717, 1.165) is 5.56 Å². The summed E-state index contributed by atoms with van der Waals surface area (Å²) in [6.07, 6.45) is 0. The van der Waals surface area contributed by atoms with Crippen molar-refractivity contribution < 1.29 is 18.7 Å². The number of fused-ring (bicyclic) bond motifs is 1. The van der Waals surface area contributed by atoms with Crippen LogP contribution < -0.4 is 15.0 Å². The molecular weight excluding hydrogens is 335 g/mol. The van der Waals surface area contributed by atoms with Crippen molar-refractivity contribution in [3.63, 3.8) is 0 Å². The molecule has 0 saturated heterocycles. The first-order valence-electron chi connectivity index (χ1n) is 7.27. The van der Waals surface area contributed by atoms with E-state index in [1.54, 1.807) is 35.2 Å². The summed E-state index contributed by atoms with van der Waals surface area (Å²) in [5.74, 6) is -0.650. The van der Waals surface area contributed by atoms with Gasteiger partial charge in [-0.25, -0.2) is 9.18 Å². The molecule has 1 N–H and O–H groups in total. The van der Waals surface area contributed by atoms with Crippen LogP contribution in [0.3, 0.4) is 0 Å². The second kappa shape index (κ2) is 6.88. The fourth-order valence-electron chi connectivity index (χ4n) is 2.39. The molecule has 0 unspecified atom stereocenters. The number of nitrogens with zero attached hydrogens (tertiary/aromatic N) is 1. The van der Waals surface area contributed by atoms with E-state index in [4.69, 9.17) is 16.3 Å². The van der Waals surface area contributed by atoms with Crippen LogP contribution >= 0.6 is 11.6 Å². The Labute approximate surface area is 143 Å². The lowest BCUT2D eigenvalue weighted by atomic mass is 10.2. The topological polar surface area (TPSA) is 58.6 Å². The van der Waals surface area contributed by atoms with Gasteiger partial charge in [0.25, 0.3) is 0 Å². The Hall–Kier alpha value is -2.60. The molecule has 1 amide bonds. The van der Waals surface area contributed by atoms with E-state index >= 15 is 0 Å². The predicted octanol–water partition coefficient (Wildman–Crippen LogP) is 2.52. The molecule has 0 aromatic heterocycles. The maximum Gasteiger partial charge on any atom is 0.331 e. The number of nitrogens with one attached hydrogen (secondary N) is 1. The summed E-state index contributed by atoms with van der Waals surface area (Å²) in [4.78, 5) is 25.4. The highest BCUT2D eigenvalue weighted by atomic mass is 35.5. The molecule has 0 fully saturated rings. The minimum Gasteiger partial charge on any atom is -0.423 e. The van der Waals surface area contributed by atoms with Crippen LogP contribution in [0.15, 0.2) is 42.5 Å². The van der Waals surface area contributed by atoms with Gasteiger partial charge in [0.1, 0.15) is 12.4 Å². The number of carbonyl (C=O) groups excluding carboxylic acids is 2. The van der Waals surface area contributed by atoms with E-state index < -0.39 is 5.97 Å². The molecule has 124 valence electrons. The van der Waals surface area contributed by atoms with E-state index in [-0.39, 0.29) is 31.4 Å². The van der Waals surface area contributed by atoms with Crippen molar-refractivity contribution in [3.8, 4) is 5.75 Å². The second-order valence-corrected chi connectivity index (χ2v) is 5.78. The zero-order valence-corrected chi connectivity index (χ0v) is 13.3. The first-order chi connectivity index (χ1) is 11.5. The molecule has 1 heterocycles. The Kier molecular flexibility index (Phi) is 4.66. The van der Waals surface area contributed by atoms with Crippen molar-refractivity contribution in [2.24, 2.45) is 0 Å². The molecular formula is C17H14ClFN2O3. The van der Waals surface area contributed by atoms with Gasteiger partial charge in [-0.2, -0.15) is 0 Å². The quantitative estimate of drug-likeness (QED) is 0.681. The van der Waals surface area contributed by atoms with Gasteiger partial charge >= 0.3 is 5.97 Å². The number of hydrogen-bond donors (Lipinski definition) is 1. The molecule has 2 aromatic carbocycles. The Morgan fingerprint density at radius 2 is 2.00 bits per heavy atom. The third-order valence-corrected chi connectivity index (χ3v) is 3.78. The van der Waals surface area contributed by atoms with Gasteiger partial charge < -0.3 is 15.0 Å². The number of esters is 1. The number of carbonyl (C=O) groups is 2. The summed E-state index contributed by atoms with van der Waals surface area (Å²) in [5, 5.41) is 3.23. The van der Waals surface area contributed by atoms with Gasteiger partial charge in [0.2, 0.25) is 5.91 Å². The normalized spacial score (nSPS) is 13.2. The molecule has 0 saturated carbocycles. The first-order valence-corrected chi connectivity index (χ1v) is 7.65. The smallest absolute Gasteiger partial charge is 0.331 e. The fraction of sp³-hybridized carbons (Fsp3) is 0.176. The highest BCUT2D eigenvalue weighted by Crippen LogP contribution is 2.34. The van der Waals surface area contributed by atoms with Crippen LogP contribution in [0.1, 0.15) is 5.56 Å². The lowest BCUT2D eigenvalue weighted by Crippen LogP contribution is -2.43. The molecule has 24 heavy (non-hydrogen) atoms. The van der Waals surface area contributed by atoms with Gasteiger partial charge in [-0.3, -0.25) is 4.79 Å². The van der Waals surface area contributed by atoms with Gasteiger partial charge in [0.05, 0.1) is 12.2 Å². The summed E-state index contributed by atoms with van der Waals surface area (Å²) in [7, 11) is 0. The monoisotopic (exact) mass is 348 g/mol. The van der Waals surface area contributed by atoms with Gasteiger partial charge in [-0.1, -0.05) is 23.7 Å². The number of rotatable bonds is 4. The Balaban J connectivity index is 1.65. The molecule has 1 aliphatic rings. The minimum atomic E-state index is -0.434. The summed E-state index contributed by atoms with van der Waals surface area (Å²) >= 11 is 5.97. The lowest BCUT2D eigenvalue weighted by molar-refractivity contribution is -0.133. The van der Waals surface area contributed by atoms with Crippen molar-refractivity contribution in [1.29, 1.82) is 0 Å². The first kappa shape index (κ1) is 16.3. The van der Waals surface area contributed by atoms with Crippen LogP contribution in [0.25, 0.3) is 0 Å². The summed E-state index contributed by atoms with van der Waals surface area (Å²) in [6.45, 7) is 0.237. The van der Waals surface area contributed by atoms with Crippen LogP contribution in [-0.2, 0) is 16.1 Å². The van der Waals surface area contributed by atoms with Crippen LogP contribution in [0.5, 0.6) is 5.75 Å². The minimum absolute atomic E-state index is 0.0103. The highest BCUT2D eigenvalue weighted by molar-refractivity contribution is 6.31. The Morgan fingerprint density at radius 3 is 2.75 bits per heavy atom. The lowest BCUT2D eigenvalue weighted by Gasteiger charge is -2.29. The van der Waals surface area contributed by atoms with Gasteiger partial charge in [-0.05, 0) is 35.9 Å². The summed E-state index contributed by atoms with van der Waals surface area (Å²) in [5.41, 5.74) is 1.38. The average molecular weight is 349 g/mol. The third-order valence-electron chi connectivity index (χ3n) is 3.54. The van der Waals surface area contributed by atoms with Crippen molar-refractivity contribution in [2.45, 2.75) is 6.54 Å². The average Bonchev–Trinajstić information content (AvgIpc) is 2.55. The van der Waals surface area contributed by atoms with Crippen molar-refractivity contribution in [3.05, 3.63) is 58.9 Å². The molecule has 0 radical (unpaired) electrons. The maximum absolute atomic E-state index is 12.9. The number of benzene rings is 2. The van der Waals surface area contributed by atoms with Gasteiger partial charge in [0, 0.05) is 11.6 Å². The van der Waals surface area contributed by atoms with Crippen molar-refractivity contribution in [1.82, 2.24) is 5.32 Å². The zero-order chi connectivity index (χ0) is 17.1. The van der Waals surface area contributed by atoms with E-state index in [1.807, 2.05) is 0 Å². The standard InChI is InChI=1S/C17H14ClFN2O3/c18-12-3-6-15-14(7-12)21(10-17(23)24-15)9-16(22)20-8-11-1-4-13(19)5-2-11/h1-7H,8-10H2,(H,20,22). The van der Waals surface area contributed by atoms with Crippen molar-refractivity contribution in [2.75, 3.05) is 18.0 Å². The largest absolute Gasteiger partial charge is 0.423 e. The van der Waals surface area contributed by atoms with Crippen LogP contribution in [0.2, 0.25) is 5.02 Å². The zero-order valence-electron chi connectivity index (χ0n) is 12.6. The number of ether oxygens (including phenoxy) is 1. The number of anilines is 1. The van der Waals surface area contributed by atoms with E-state index in [1.165, 1.54) is 12.1 Å². The highest BCUT2D eigenvalue weighted by Gasteiger charge is 2.25. The number of halogens is 2. The molecule has 2 aromatic rings. The van der Waals surface area contributed by atoms with Gasteiger partial charge in [-0.15, -0.1) is 0 Å². The van der Waals surface area contributed by atoms with Crippen LogP contribution in [0.4, 0.5) is 10.1 Å². The molecule has 0 aliphatic carbocycles. The summed E-state index contributed by atoms with van der Waals surface area (Å²) in [6, 6.07) is 10.7. The number of hydrogen-bond acceptors (Lipinski definition) is 4. The fourth-order valence-corrected chi connectivity index (χ4v) is 2.56. The molecule has 0 spiro atoms. The van der Waals surface area contributed by atoms with E-state index in [0.29, 0.717) is 16.5 Å². The maximum atomic E-state index is 12.9. The molecule has 0 bridgehead atoms. The molecule has 5 nitrogen and oxygen atoms in total. The Bertz CT molecular complexity index is 780. The predicted molar refractivity (Wildman–Crippen MR) is 87.5 cm³/mol. The third kappa shape index (κ3) is 3.83. The van der Waals surface area contributed by atoms with Gasteiger partial charge in [0.15, 0.2) is 5.75 Å². The summed E-state index contributed by atoms with van der Waals surface area (Å²) < 4.78 is 18.0. The molecule has 3 rings (SSSR count). The number of amides is 1.